The van der Waals surface area contributed by atoms with Gasteiger partial charge in [0.15, 0.2) is 0 Å². The van der Waals surface area contributed by atoms with Crippen molar-refractivity contribution in [2.75, 3.05) is 6.54 Å². The fourth-order valence-electron chi connectivity index (χ4n) is 1.12. The van der Waals surface area contributed by atoms with Crippen LogP contribution in [0.4, 0.5) is 0 Å². The highest BCUT2D eigenvalue weighted by Gasteiger charge is 2.18. The number of unbranched alkanes of at least 4 members (excludes halogenated alkanes) is 1. The number of carboxylic acid groups (broad SMARTS) is 1. The van der Waals surface area contributed by atoms with Crippen molar-refractivity contribution in [2.45, 2.75) is 26.7 Å². The predicted octanol–water partition coefficient (Wildman–Crippen LogP) is 2.09. The maximum absolute atomic E-state index is 10.5. The molecular formula is C9H14N2O2S. The molecule has 0 aromatic rings. The van der Waals surface area contributed by atoms with Crippen molar-refractivity contribution < 1.29 is 9.90 Å². The van der Waals surface area contributed by atoms with E-state index in [1.807, 2.05) is 6.92 Å². The lowest BCUT2D eigenvalue weighted by Gasteiger charge is -2.13. The molecule has 5 heteroatoms. The zero-order valence-electron chi connectivity index (χ0n) is 8.36. The topological polar surface area (TPSA) is 52.9 Å². The van der Waals surface area contributed by atoms with Crippen LogP contribution in [0.15, 0.2) is 16.2 Å². The lowest BCUT2D eigenvalue weighted by molar-refractivity contribution is -0.131. The van der Waals surface area contributed by atoms with Gasteiger partial charge in [-0.1, -0.05) is 25.1 Å². The van der Waals surface area contributed by atoms with Crippen LogP contribution in [0.2, 0.25) is 0 Å². The van der Waals surface area contributed by atoms with E-state index in [2.05, 4.69) is 12.0 Å². The summed E-state index contributed by atoms with van der Waals surface area (Å²) in [7, 11) is 0. The van der Waals surface area contributed by atoms with E-state index in [-0.39, 0.29) is 0 Å². The van der Waals surface area contributed by atoms with Crippen LogP contribution in [0.5, 0.6) is 0 Å². The van der Waals surface area contributed by atoms with Crippen molar-refractivity contribution in [3.8, 4) is 0 Å². The Balaban J connectivity index is 2.64. The molecule has 1 rings (SSSR count). The molecule has 0 spiro atoms. The normalized spacial score (nSPS) is 18.9. The number of hydrogen-bond acceptors (Lipinski definition) is 4. The summed E-state index contributed by atoms with van der Waals surface area (Å²) in [6, 6.07) is 0. The maximum Gasteiger partial charge on any atom is 0.331 e. The summed E-state index contributed by atoms with van der Waals surface area (Å²) in [6.45, 7) is 4.77. The van der Waals surface area contributed by atoms with Gasteiger partial charge >= 0.3 is 5.97 Å². The minimum atomic E-state index is -0.918. The van der Waals surface area contributed by atoms with E-state index in [4.69, 9.17) is 5.11 Å². The van der Waals surface area contributed by atoms with Crippen LogP contribution in [0.25, 0.3) is 0 Å². The summed E-state index contributed by atoms with van der Waals surface area (Å²) in [5.41, 5.74) is 0. The van der Waals surface area contributed by atoms with Gasteiger partial charge < -0.3 is 5.11 Å². The zero-order valence-corrected chi connectivity index (χ0v) is 9.17. The average Bonchev–Trinajstić information content (AvgIpc) is 2.41. The van der Waals surface area contributed by atoms with Gasteiger partial charge in [-0.25, -0.2) is 4.79 Å². The first-order chi connectivity index (χ1) is 6.63. The molecule has 14 heavy (non-hydrogen) atoms. The van der Waals surface area contributed by atoms with Crippen LogP contribution < -0.4 is 0 Å². The summed E-state index contributed by atoms with van der Waals surface area (Å²) in [5, 5.41) is 16.2. The second kappa shape index (κ2) is 5.05. The molecule has 1 aliphatic heterocycles. The highest BCUT2D eigenvalue weighted by atomic mass is 32.2. The van der Waals surface area contributed by atoms with Crippen molar-refractivity contribution in [2.24, 2.45) is 5.10 Å². The third kappa shape index (κ3) is 3.06. The molecule has 0 saturated carbocycles. The van der Waals surface area contributed by atoms with E-state index in [1.54, 1.807) is 5.01 Å². The standard InChI is InChI=1S/C9H14N2O2S/c1-3-4-5-11-8(6-9(12)13)14-7(2)10-11/h6H,3-5H2,1-2H3,(H,12,13). The number of carbonyl (C=O) groups is 1. The quantitative estimate of drug-likeness (QED) is 0.728. The molecule has 0 fully saturated rings. The molecule has 0 amide bonds. The van der Waals surface area contributed by atoms with E-state index in [0.29, 0.717) is 5.03 Å². The molecule has 0 bridgehead atoms. The van der Waals surface area contributed by atoms with Gasteiger partial charge in [-0.2, -0.15) is 5.10 Å². The molecule has 0 unspecified atom stereocenters. The minimum Gasteiger partial charge on any atom is -0.478 e. The van der Waals surface area contributed by atoms with Crippen LogP contribution in [0.3, 0.4) is 0 Å². The molecule has 0 saturated heterocycles. The summed E-state index contributed by atoms with van der Waals surface area (Å²) in [4.78, 5) is 10.5. The highest BCUT2D eigenvalue weighted by molar-refractivity contribution is 8.17. The number of nitrogens with zero attached hydrogens (tertiary/aromatic N) is 2. The molecule has 0 aliphatic carbocycles. The van der Waals surface area contributed by atoms with Crippen molar-refractivity contribution in [3.05, 3.63) is 11.1 Å². The molecule has 1 heterocycles. The first-order valence-corrected chi connectivity index (χ1v) is 5.40. The van der Waals surface area contributed by atoms with Crippen molar-refractivity contribution in [1.29, 1.82) is 0 Å². The number of hydrogen-bond donors (Lipinski definition) is 1. The molecule has 1 N–H and O–H groups in total. The summed E-state index contributed by atoms with van der Waals surface area (Å²) in [5.74, 6) is -0.918. The van der Waals surface area contributed by atoms with Gasteiger partial charge in [0.05, 0.1) is 11.1 Å². The number of aliphatic carboxylic acids is 1. The Hall–Kier alpha value is -0.970. The first-order valence-electron chi connectivity index (χ1n) is 4.58. The molecule has 0 aromatic heterocycles. The zero-order chi connectivity index (χ0) is 10.6. The third-order valence-electron chi connectivity index (χ3n) is 1.74. The van der Waals surface area contributed by atoms with Gasteiger partial charge in [0.2, 0.25) is 0 Å². The van der Waals surface area contributed by atoms with Crippen molar-refractivity contribution >= 4 is 22.8 Å². The molecule has 1 aliphatic rings. The molecule has 78 valence electrons. The van der Waals surface area contributed by atoms with Crippen LogP contribution in [-0.4, -0.2) is 27.7 Å². The van der Waals surface area contributed by atoms with E-state index in [0.717, 1.165) is 24.4 Å². The van der Waals surface area contributed by atoms with Crippen LogP contribution in [0, 0.1) is 0 Å². The second-order valence-electron chi connectivity index (χ2n) is 3.02. The molecule has 0 atom stereocenters. The highest BCUT2D eigenvalue weighted by Crippen LogP contribution is 2.29. The summed E-state index contributed by atoms with van der Waals surface area (Å²) < 4.78 is 0. The number of carboxylic acids is 1. The molecule has 4 nitrogen and oxygen atoms in total. The SMILES string of the molecule is CCCCN1N=C(C)SC1=CC(=O)O. The average molecular weight is 214 g/mol. The maximum atomic E-state index is 10.5. The smallest absolute Gasteiger partial charge is 0.331 e. The first kappa shape index (κ1) is 11.1. The summed E-state index contributed by atoms with van der Waals surface area (Å²) >= 11 is 1.41. The largest absolute Gasteiger partial charge is 0.478 e. The second-order valence-corrected chi connectivity index (χ2v) is 4.23. The van der Waals surface area contributed by atoms with E-state index < -0.39 is 5.97 Å². The number of rotatable bonds is 4. The van der Waals surface area contributed by atoms with Crippen LogP contribution in [0.1, 0.15) is 26.7 Å². The van der Waals surface area contributed by atoms with Gasteiger partial charge in [-0.15, -0.1) is 0 Å². The fraction of sp³-hybridized carbons (Fsp3) is 0.556. The van der Waals surface area contributed by atoms with Crippen LogP contribution >= 0.6 is 11.8 Å². The third-order valence-corrected chi connectivity index (χ3v) is 2.65. The number of thioether (sulfide) groups is 1. The Labute approximate surface area is 87.7 Å². The van der Waals surface area contributed by atoms with Gasteiger partial charge in [0, 0.05) is 6.54 Å². The van der Waals surface area contributed by atoms with Gasteiger partial charge in [-0.3, -0.25) is 5.01 Å². The van der Waals surface area contributed by atoms with E-state index >= 15 is 0 Å². The summed E-state index contributed by atoms with van der Waals surface area (Å²) in [6.07, 6.45) is 3.31. The Morgan fingerprint density at radius 1 is 1.71 bits per heavy atom. The monoisotopic (exact) mass is 214 g/mol. The molecule has 0 aromatic carbocycles. The van der Waals surface area contributed by atoms with Crippen molar-refractivity contribution in [3.63, 3.8) is 0 Å². The lowest BCUT2D eigenvalue weighted by atomic mass is 10.3. The lowest BCUT2D eigenvalue weighted by Crippen LogP contribution is -2.13. The van der Waals surface area contributed by atoms with Gasteiger partial charge in [0.1, 0.15) is 5.03 Å². The Morgan fingerprint density at radius 2 is 2.43 bits per heavy atom. The molecule has 0 radical (unpaired) electrons. The van der Waals surface area contributed by atoms with Gasteiger partial charge in [-0.05, 0) is 13.3 Å². The molecular weight excluding hydrogens is 200 g/mol. The predicted molar refractivity (Wildman–Crippen MR) is 58.0 cm³/mol. The Morgan fingerprint density at radius 3 is 3.00 bits per heavy atom. The van der Waals surface area contributed by atoms with E-state index in [1.165, 1.54) is 17.8 Å². The minimum absolute atomic E-state index is 0.712. The van der Waals surface area contributed by atoms with Gasteiger partial charge in [0.25, 0.3) is 0 Å². The van der Waals surface area contributed by atoms with Crippen molar-refractivity contribution in [1.82, 2.24) is 5.01 Å². The fourth-order valence-corrected chi connectivity index (χ4v) is 1.96. The Kier molecular flexibility index (Phi) is 4.00. The number of hydrazone groups is 1. The van der Waals surface area contributed by atoms with E-state index in [9.17, 15) is 4.79 Å². The van der Waals surface area contributed by atoms with Crippen LogP contribution in [-0.2, 0) is 4.79 Å². The Bertz CT molecular complexity index is 287.